The average molecular weight is 415 g/mol. The topological polar surface area (TPSA) is 91.4 Å². The highest BCUT2D eigenvalue weighted by Crippen LogP contribution is 2.26. The Kier molecular flexibility index (Phi) is 6.13. The van der Waals surface area contributed by atoms with Crippen molar-refractivity contribution in [1.29, 1.82) is 0 Å². The Labute approximate surface area is 161 Å². The number of thiazole rings is 1. The van der Waals surface area contributed by atoms with Crippen LogP contribution in [-0.2, 0) is 14.8 Å². The van der Waals surface area contributed by atoms with Gasteiger partial charge in [0.1, 0.15) is 0 Å². The minimum atomic E-state index is -3.78. The fourth-order valence-corrected chi connectivity index (χ4v) is 4.85. The van der Waals surface area contributed by atoms with Crippen LogP contribution in [0.1, 0.15) is 12.8 Å². The van der Waals surface area contributed by atoms with Gasteiger partial charge in [-0.1, -0.05) is 17.7 Å². The van der Waals surface area contributed by atoms with E-state index >= 15 is 0 Å². The Balaban J connectivity index is 1.50. The predicted octanol–water partition coefficient (Wildman–Crippen LogP) is 1.86. The van der Waals surface area contributed by atoms with Crippen LogP contribution >= 0.6 is 22.9 Å². The summed E-state index contributed by atoms with van der Waals surface area (Å²) in [5.41, 5.74) is 0. The minimum absolute atomic E-state index is 0.0311. The van der Waals surface area contributed by atoms with Gasteiger partial charge in [0.15, 0.2) is 5.13 Å². The largest absolute Gasteiger partial charge is 0.353 e. The van der Waals surface area contributed by atoms with Crippen molar-refractivity contribution in [2.24, 2.45) is 0 Å². The number of hydrogen-bond acceptors (Lipinski definition) is 6. The Hall–Kier alpha value is -1.68. The quantitative estimate of drug-likeness (QED) is 0.721. The minimum Gasteiger partial charge on any atom is -0.353 e. The Bertz CT molecular complexity index is 858. The van der Waals surface area contributed by atoms with Gasteiger partial charge in [0.25, 0.3) is 0 Å². The van der Waals surface area contributed by atoms with E-state index in [0.717, 1.165) is 24.5 Å². The standard InChI is InChI=1S/C16H19ClN4O3S2/c17-12-3-1-5-14(9-12)26(23,24)20-11-15(22)19-10-13-4-2-7-21(13)16-18-6-8-25-16/h1,3,5-6,8-9,13,20H,2,4,7,10-11H2,(H,19,22). The monoisotopic (exact) mass is 414 g/mol. The third-order valence-electron chi connectivity index (χ3n) is 4.11. The van der Waals surface area contributed by atoms with Crippen molar-refractivity contribution in [2.45, 2.75) is 23.8 Å². The van der Waals surface area contributed by atoms with Gasteiger partial charge in [-0.3, -0.25) is 4.79 Å². The van der Waals surface area contributed by atoms with Crippen LogP contribution in [0.5, 0.6) is 0 Å². The SMILES string of the molecule is O=C(CNS(=O)(=O)c1cccc(Cl)c1)NCC1CCCN1c1nccs1. The van der Waals surface area contributed by atoms with Crippen LogP contribution in [0.25, 0.3) is 0 Å². The lowest BCUT2D eigenvalue weighted by Gasteiger charge is -2.24. The highest BCUT2D eigenvalue weighted by atomic mass is 35.5. The highest BCUT2D eigenvalue weighted by molar-refractivity contribution is 7.89. The second kappa shape index (κ2) is 8.34. The first-order valence-corrected chi connectivity index (χ1v) is 10.9. The van der Waals surface area contributed by atoms with Crippen LogP contribution in [0, 0.1) is 0 Å². The van der Waals surface area contributed by atoms with Crippen molar-refractivity contribution in [1.82, 2.24) is 15.0 Å². The van der Waals surface area contributed by atoms with Crippen LogP contribution in [0.3, 0.4) is 0 Å². The molecule has 0 aliphatic carbocycles. The van der Waals surface area contributed by atoms with Crippen LogP contribution in [0.2, 0.25) is 5.02 Å². The van der Waals surface area contributed by atoms with Gasteiger partial charge in [-0.2, -0.15) is 0 Å². The third-order valence-corrected chi connectivity index (χ3v) is 6.55. The molecule has 1 aromatic carbocycles. The molecule has 0 bridgehead atoms. The molecule has 1 atom stereocenters. The number of amides is 1. The number of nitrogens with one attached hydrogen (secondary N) is 2. The molecule has 140 valence electrons. The molecule has 2 aromatic rings. The van der Waals surface area contributed by atoms with E-state index in [1.807, 2.05) is 5.38 Å². The molecule has 26 heavy (non-hydrogen) atoms. The summed E-state index contributed by atoms with van der Waals surface area (Å²) in [5, 5.41) is 5.99. The predicted molar refractivity (Wildman–Crippen MR) is 102 cm³/mol. The van der Waals surface area contributed by atoms with Gasteiger partial charge in [0.05, 0.1) is 11.4 Å². The van der Waals surface area contributed by atoms with Crippen molar-refractivity contribution < 1.29 is 13.2 Å². The first kappa shape index (κ1) is 19.1. The molecule has 3 rings (SSSR count). The average Bonchev–Trinajstić information content (AvgIpc) is 3.29. The van der Waals surface area contributed by atoms with Crippen LogP contribution in [0.15, 0.2) is 40.7 Å². The number of nitrogens with zero attached hydrogens (tertiary/aromatic N) is 2. The summed E-state index contributed by atoms with van der Waals surface area (Å²) < 4.78 is 26.7. The zero-order valence-corrected chi connectivity index (χ0v) is 16.3. The van der Waals surface area contributed by atoms with Crippen molar-refractivity contribution in [2.75, 3.05) is 24.5 Å². The summed E-state index contributed by atoms with van der Waals surface area (Å²) in [6, 6.07) is 6.07. The zero-order valence-electron chi connectivity index (χ0n) is 13.9. The summed E-state index contributed by atoms with van der Waals surface area (Å²) >= 11 is 7.38. The lowest BCUT2D eigenvalue weighted by Crippen LogP contribution is -2.43. The summed E-state index contributed by atoms with van der Waals surface area (Å²) in [5.74, 6) is -0.374. The van der Waals surface area contributed by atoms with Gasteiger partial charge in [0, 0.05) is 35.7 Å². The van der Waals surface area contributed by atoms with Crippen molar-refractivity contribution in [3.63, 3.8) is 0 Å². The number of anilines is 1. The summed E-state index contributed by atoms with van der Waals surface area (Å²) in [7, 11) is -3.78. The van der Waals surface area contributed by atoms with E-state index in [0.29, 0.717) is 11.6 Å². The fourth-order valence-electron chi connectivity index (χ4n) is 2.83. The van der Waals surface area contributed by atoms with Crippen molar-refractivity contribution in [3.8, 4) is 0 Å². The number of carbonyl (C=O) groups is 1. The molecule has 2 N–H and O–H groups in total. The summed E-state index contributed by atoms with van der Waals surface area (Å²) in [4.78, 5) is 18.6. The molecule has 0 saturated carbocycles. The molecule has 1 amide bonds. The maximum atomic E-state index is 12.2. The molecular weight excluding hydrogens is 396 g/mol. The second-order valence-electron chi connectivity index (χ2n) is 5.89. The van der Waals surface area contributed by atoms with Gasteiger partial charge in [0.2, 0.25) is 15.9 Å². The lowest BCUT2D eigenvalue weighted by molar-refractivity contribution is -0.120. The molecule has 10 heteroatoms. The second-order valence-corrected chi connectivity index (χ2v) is 8.97. The van der Waals surface area contributed by atoms with E-state index in [-0.39, 0.29) is 23.4 Å². The van der Waals surface area contributed by atoms with E-state index in [1.165, 1.54) is 12.1 Å². The maximum absolute atomic E-state index is 12.2. The smallest absolute Gasteiger partial charge is 0.241 e. The molecule has 1 aliphatic heterocycles. The highest BCUT2D eigenvalue weighted by Gasteiger charge is 2.26. The number of carbonyl (C=O) groups excluding carboxylic acids is 1. The van der Waals surface area contributed by atoms with Crippen molar-refractivity contribution in [3.05, 3.63) is 40.9 Å². The number of aromatic nitrogens is 1. The Morgan fingerprint density at radius 1 is 1.42 bits per heavy atom. The molecule has 1 fully saturated rings. The first-order chi connectivity index (χ1) is 12.5. The molecule has 2 heterocycles. The lowest BCUT2D eigenvalue weighted by atomic mass is 10.2. The van der Waals surface area contributed by atoms with E-state index in [9.17, 15) is 13.2 Å². The normalized spacial score (nSPS) is 17.4. The van der Waals surface area contributed by atoms with Crippen molar-refractivity contribution >= 4 is 44.0 Å². The van der Waals surface area contributed by atoms with E-state index in [1.54, 1.807) is 29.7 Å². The number of benzene rings is 1. The van der Waals surface area contributed by atoms with Gasteiger partial charge in [-0.05, 0) is 31.0 Å². The third kappa shape index (κ3) is 4.73. The molecule has 1 aromatic heterocycles. The van der Waals surface area contributed by atoms with Crippen LogP contribution in [-0.4, -0.2) is 45.0 Å². The molecule has 0 radical (unpaired) electrons. The number of hydrogen-bond donors (Lipinski definition) is 2. The van der Waals surface area contributed by atoms with E-state index in [4.69, 9.17) is 11.6 Å². The zero-order chi connectivity index (χ0) is 18.6. The molecule has 1 aliphatic rings. The number of rotatable bonds is 7. The molecular formula is C16H19ClN4O3S2. The molecule has 1 saturated heterocycles. The maximum Gasteiger partial charge on any atom is 0.241 e. The number of halogens is 1. The van der Waals surface area contributed by atoms with E-state index in [2.05, 4.69) is 19.9 Å². The van der Waals surface area contributed by atoms with Gasteiger partial charge in [-0.15, -0.1) is 11.3 Å². The van der Waals surface area contributed by atoms with Crippen LogP contribution < -0.4 is 14.9 Å². The Morgan fingerprint density at radius 3 is 3.00 bits per heavy atom. The molecule has 0 spiro atoms. The Morgan fingerprint density at radius 2 is 2.27 bits per heavy atom. The fraction of sp³-hybridized carbons (Fsp3) is 0.375. The van der Waals surface area contributed by atoms with Crippen LogP contribution in [0.4, 0.5) is 5.13 Å². The molecule has 7 nitrogen and oxygen atoms in total. The van der Waals surface area contributed by atoms with Gasteiger partial charge in [-0.25, -0.2) is 18.1 Å². The van der Waals surface area contributed by atoms with Gasteiger partial charge < -0.3 is 10.2 Å². The van der Waals surface area contributed by atoms with Gasteiger partial charge >= 0.3 is 0 Å². The summed E-state index contributed by atoms with van der Waals surface area (Å²) in [6.45, 7) is 1.05. The summed E-state index contributed by atoms with van der Waals surface area (Å²) in [6.07, 6.45) is 3.77. The van der Waals surface area contributed by atoms with E-state index < -0.39 is 10.0 Å². The number of sulfonamides is 1. The first-order valence-electron chi connectivity index (χ1n) is 8.14. The molecule has 1 unspecified atom stereocenters.